The summed E-state index contributed by atoms with van der Waals surface area (Å²) >= 11 is 0. The van der Waals surface area contributed by atoms with Crippen molar-refractivity contribution in [3.63, 3.8) is 0 Å². The predicted molar refractivity (Wildman–Crippen MR) is 279 cm³/mol. The first-order valence-electron chi connectivity index (χ1n) is 27.5. The van der Waals surface area contributed by atoms with E-state index in [4.69, 9.17) is 37.9 Å². The standard InChI is InChI=1S/C62H88O8/c1-63-55-35-51-29-52-36-56(64-2)48(32-60(52)68-6)26-40-13-21-45(22-14-40)46-23-15-42(16-24-46)28-50-34-62(70-8)54(38-58(50)66-4)30-53-37-57(65-3)49(33-61(53)69-7)27-41-11-19-44(20-12-41)43-17-9-39(10-18-43)25-47(55)31-59(51)67-5/h9,11,13,15,17,19,21,23,31-34,39-48,51-52,55-58H,10,12,14,16,18,20,22,24-30,35-38H2,1-8H3. The van der Waals surface area contributed by atoms with Gasteiger partial charge in [-0.3, -0.25) is 0 Å². The fraction of sp³-hybridized carbons (Fsp3) is 0.677. The third-order valence-electron chi connectivity index (χ3n) is 18.9. The molecule has 30 rings (SSSR count). The van der Waals surface area contributed by atoms with Crippen LogP contribution in [-0.4, -0.2) is 81.3 Å². The van der Waals surface area contributed by atoms with Crippen LogP contribution in [0.25, 0.3) is 0 Å². The Kier molecular flexibility index (Phi) is 17.6. The lowest BCUT2D eigenvalue weighted by Gasteiger charge is -2.40. The zero-order valence-electron chi connectivity index (χ0n) is 44.2. The monoisotopic (exact) mass is 961 g/mol. The van der Waals surface area contributed by atoms with Crippen LogP contribution in [0.4, 0.5) is 0 Å². The second kappa shape index (κ2) is 24.0. The summed E-state index contributed by atoms with van der Waals surface area (Å²) < 4.78 is 49.9. The Bertz CT molecular complexity index is 1970. The highest BCUT2D eigenvalue weighted by atomic mass is 16.5. The Morgan fingerprint density at radius 1 is 0.357 bits per heavy atom. The molecule has 16 atom stereocenters. The van der Waals surface area contributed by atoms with E-state index in [1.165, 1.54) is 73.7 Å². The fourth-order valence-corrected chi connectivity index (χ4v) is 14.8. The van der Waals surface area contributed by atoms with Crippen molar-refractivity contribution in [3.05, 3.63) is 118 Å². The molecule has 0 saturated carbocycles. The summed E-state index contributed by atoms with van der Waals surface area (Å²) in [5.74, 6) is 9.98. The van der Waals surface area contributed by atoms with Crippen LogP contribution in [0.15, 0.2) is 118 Å². The van der Waals surface area contributed by atoms with Crippen molar-refractivity contribution in [2.75, 3.05) is 56.9 Å². The molecule has 0 aromatic heterocycles. The van der Waals surface area contributed by atoms with Crippen LogP contribution >= 0.6 is 0 Å². The smallest absolute Gasteiger partial charge is 0.118 e. The summed E-state index contributed by atoms with van der Waals surface area (Å²) in [7, 11) is 14.9. The van der Waals surface area contributed by atoms with E-state index in [0.717, 1.165) is 87.2 Å². The maximum Gasteiger partial charge on any atom is 0.118 e. The van der Waals surface area contributed by atoms with Gasteiger partial charge in [0.25, 0.3) is 0 Å². The Hall–Kier alpha value is -3.56. The minimum atomic E-state index is 0.0398. The van der Waals surface area contributed by atoms with Crippen molar-refractivity contribution >= 4 is 0 Å². The first-order chi connectivity index (χ1) is 34.2. The molecule has 0 aromatic rings. The first-order valence-corrected chi connectivity index (χ1v) is 27.5. The second-order valence-corrected chi connectivity index (χ2v) is 22.8. The van der Waals surface area contributed by atoms with Crippen molar-refractivity contribution in [1.82, 2.24) is 0 Å². The molecule has 8 heteroatoms. The molecule has 0 fully saturated rings. The number of allylic oxidation sites excluding steroid dienone is 12. The van der Waals surface area contributed by atoms with Crippen LogP contribution in [0.3, 0.4) is 0 Å². The molecule has 0 aliphatic heterocycles. The third kappa shape index (κ3) is 11.8. The van der Waals surface area contributed by atoms with Gasteiger partial charge >= 0.3 is 0 Å². The van der Waals surface area contributed by atoms with E-state index < -0.39 is 0 Å². The topological polar surface area (TPSA) is 73.8 Å². The van der Waals surface area contributed by atoms with E-state index >= 15 is 0 Å². The molecule has 0 saturated heterocycles. The van der Waals surface area contributed by atoms with Gasteiger partial charge in [-0.1, -0.05) is 48.6 Å². The molecule has 30 aliphatic carbocycles. The van der Waals surface area contributed by atoms with E-state index in [1.807, 2.05) is 56.9 Å². The van der Waals surface area contributed by atoms with Crippen LogP contribution in [0, 0.1) is 71.0 Å². The highest BCUT2D eigenvalue weighted by Crippen LogP contribution is 2.47. The summed E-state index contributed by atoms with van der Waals surface area (Å²) in [4.78, 5) is 0. The molecule has 70 heavy (non-hydrogen) atoms. The molecule has 384 valence electrons. The minimum absolute atomic E-state index is 0.0398. The fourth-order valence-electron chi connectivity index (χ4n) is 14.8. The molecule has 0 N–H and O–H groups in total. The SMILES string of the molecule is COC1=CC2CC3C=CC(CC3)C3C=CC(CC3)CC3=CC(OC)=C(CC4=C(OC)C=C(CC5C=CC(CC5)C5C=CC(CC5)CC5C=C(OC)C(CC1CC2OC)CC5OC)C(OC)C4)CC3OC. The lowest BCUT2D eigenvalue weighted by atomic mass is 9.70. The molecule has 0 spiro atoms. The highest BCUT2D eigenvalue weighted by Gasteiger charge is 2.40. The van der Waals surface area contributed by atoms with E-state index in [0.29, 0.717) is 59.2 Å². The summed E-state index contributed by atoms with van der Waals surface area (Å²) in [6.45, 7) is 0. The number of hydrogen-bond donors (Lipinski definition) is 0. The maximum atomic E-state index is 6.32. The van der Waals surface area contributed by atoms with E-state index in [1.54, 1.807) is 0 Å². The first kappa shape index (κ1) is 51.3. The van der Waals surface area contributed by atoms with Crippen LogP contribution in [0.2, 0.25) is 0 Å². The van der Waals surface area contributed by atoms with Crippen molar-refractivity contribution in [2.45, 2.75) is 140 Å². The molecule has 16 unspecified atom stereocenters. The van der Waals surface area contributed by atoms with Gasteiger partial charge in [-0.05, 0) is 197 Å². The van der Waals surface area contributed by atoms with Crippen LogP contribution in [0.5, 0.6) is 0 Å². The van der Waals surface area contributed by atoms with E-state index in [-0.39, 0.29) is 36.3 Å². The van der Waals surface area contributed by atoms with E-state index in [2.05, 4.69) is 72.9 Å². The molecule has 16 bridgehead atoms. The average molecular weight is 961 g/mol. The van der Waals surface area contributed by atoms with Gasteiger partial charge in [0.2, 0.25) is 0 Å². The summed E-state index contributed by atoms with van der Waals surface area (Å²) in [5.41, 5.74) is 5.24. The molecule has 0 amide bonds. The summed E-state index contributed by atoms with van der Waals surface area (Å²) in [6, 6.07) is 0. The third-order valence-corrected chi connectivity index (χ3v) is 18.9. The van der Waals surface area contributed by atoms with Crippen molar-refractivity contribution in [3.8, 4) is 0 Å². The van der Waals surface area contributed by atoms with Gasteiger partial charge in [-0.15, -0.1) is 0 Å². The van der Waals surface area contributed by atoms with Gasteiger partial charge < -0.3 is 37.9 Å². The van der Waals surface area contributed by atoms with Crippen molar-refractivity contribution in [1.29, 1.82) is 0 Å². The van der Waals surface area contributed by atoms with Crippen LogP contribution in [0.1, 0.15) is 116 Å². The lowest BCUT2D eigenvalue weighted by molar-refractivity contribution is 0.00535. The number of methoxy groups -OCH3 is 8. The highest BCUT2D eigenvalue weighted by molar-refractivity contribution is 5.40. The number of hydrogen-bond acceptors (Lipinski definition) is 8. The largest absolute Gasteiger partial charge is 0.501 e. The maximum absolute atomic E-state index is 6.32. The van der Waals surface area contributed by atoms with Gasteiger partial charge in [0.05, 0.1) is 64.4 Å². The normalized spacial score (nSPS) is 39.2. The molecule has 30 aliphatic rings. The van der Waals surface area contributed by atoms with Gasteiger partial charge in [-0.2, -0.15) is 0 Å². The molecule has 0 aromatic carbocycles. The molecular formula is C62H88O8. The number of ether oxygens (including phenoxy) is 8. The Morgan fingerprint density at radius 2 is 0.743 bits per heavy atom. The van der Waals surface area contributed by atoms with Crippen molar-refractivity contribution in [2.24, 2.45) is 71.0 Å². The average Bonchev–Trinajstić information content (AvgIpc) is 3.40. The van der Waals surface area contributed by atoms with Crippen LogP contribution < -0.4 is 0 Å². The number of rotatable bonds is 8. The molecule has 8 nitrogen and oxygen atoms in total. The molecule has 0 radical (unpaired) electrons. The van der Waals surface area contributed by atoms with Gasteiger partial charge in [0.1, 0.15) is 11.5 Å². The lowest BCUT2D eigenvalue weighted by Crippen LogP contribution is -2.36. The molecule has 0 heterocycles. The summed E-state index contributed by atoms with van der Waals surface area (Å²) in [5, 5.41) is 0. The summed E-state index contributed by atoms with van der Waals surface area (Å²) in [6.07, 6.45) is 49.6. The zero-order chi connectivity index (χ0) is 48.7. The molecular weight excluding hydrogens is 873 g/mol. The zero-order valence-corrected chi connectivity index (χ0v) is 44.2. The van der Waals surface area contributed by atoms with E-state index in [9.17, 15) is 0 Å². The van der Waals surface area contributed by atoms with Gasteiger partial charge in [0, 0.05) is 65.0 Å². The van der Waals surface area contributed by atoms with Crippen molar-refractivity contribution < 1.29 is 37.9 Å². The second-order valence-electron chi connectivity index (χ2n) is 22.8. The Balaban J connectivity index is 0.966. The van der Waals surface area contributed by atoms with Crippen LogP contribution in [-0.2, 0) is 37.9 Å². The minimum Gasteiger partial charge on any atom is -0.501 e. The Labute approximate surface area is 422 Å². The van der Waals surface area contributed by atoms with Gasteiger partial charge in [0.15, 0.2) is 0 Å². The van der Waals surface area contributed by atoms with Gasteiger partial charge in [-0.25, -0.2) is 0 Å². The Morgan fingerprint density at radius 3 is 1.06 bits per heavy atom. The quantitative estimate of drug-likeness (QED) is 0.223. The predicted octanol–water partition coefficient (Wildman–Crippen LogP) is 13.5.